The molecule has 2 atom stereocenters. The lowest BCUT2D eigenvalue weighted by Crippen LogP contribution is -2.53. The van der Waals surface area contributed by atoms with Crippen molar-refractivity contribution in [3.63, 3.8) is 0 Å². The number of hydrogen-bond acceptors (Lipinski definition) is 5. The van der Waals surface area contributed by atoms with Crippen LogP contribution >= 0.6 is 24.0 Å². The standard InChI is InChI=1S/C22H30N4O4.HI/c1-23-22(25-12-14-30-19(15-25)18-9-6-13-29-18)24-10-4-5-11-26-20(27)16-7-2-3-8-17(16)21(26)28;/h2-3,7-8,18-19H,4-6,9-15H2,1H3,(H,23,24);1H. The lowest BCUT2D eigenvalue weighted by atomic mass is 10.1. The van der Waals surface area contributed by atoms with Crippen LogP contribution in [0, 0.1) is 0 Å². The third kappa shape index (κ3) is 5.38. The number of carbonyl (C=O) groups is 2. The number of guanidine groups is 1. The molecule has 0 radical (unpaired) electrons. The number of aliphatic imine (C=N–C) groups is 1. The van der Waals surface area contributed by atoms with Crippen molar-refractivity contribution in [2.45, 2.75) is 37.9 Å². The van der Waals surface area contributed by atoms with Crippen molar-refractivity contribution in [3.05, 3.63) is 35.4 Å². The summed E-state index contributed by atoms with van der Waals surface area (Å²) in [5, 5.41) is 3.41. The molecule has 2 amide bonds. The highest BCUT2D eigenvalue weighted by Gasteiger charge is 2.34. The Kier molecular flexibility index (Phi) is 8.67. The van der Waals surface area contributed by atoms with E-state index in [0.717, 1.165) is 57.9 Å². The molecule has 170 valence electrons. The van der Waals surface area contributed by atoms with Gasteiger partial charge in [0, 0.05) is 39.8 Å². The van der Waals surface area contributed by atoms with Gasteiger partial charge in [-0.15, -0.1) is 24.0 Å². The van der Waals surface area contributed by atoms with E-state index in [1.54, 1.807) is 31.3 Å². The fraction of sp³-hybridized carbons (Fsp3) is 0.591. The van der Waals surface area contributed by atoms with Crippen LogP contribution < -0.4 is 5.32 Å². The first kappa shape index (κ1) is 23.9. The number of rotatable bonds is 6. The molecule has 2 unspecified atom stereocenters. The van der Waals surface area contributed by atoms with Crippen LogP contribution in [0.2, 0.25) is 0 Å². The average molecular weight is 542 g/mol. The molecule has 3 aliphatic heterocycles. The van der Waals surface area contributed by atoms with E-state index in [4.69, 9.17) is 9.47 Å². The third-order valence-electron chi connectivity index (χ3n) is 5.95. The molecule has 2 fully saturated rings. The van der Waals surface area contributed by atoms with Crippen molar-refractivity contribution >= 4 is 41.8 Å². The van der Waals surface area contributed by atoms with Gasteiger partial charge in [0.05, 0.1) is 23.8 Å². The maximum absolute atomic E-state index is 12.4. The summed E-state index contributed by atoms with van der Waals surface area (Å²) in [6.45, 7) is 4.25. The number of carbonyl (C=O) groups excluding carboxylic acids is 2. The van der Waals surface area contributed by atoms with Gasteiger partial charge in [0.25, 0.3) is 11.8 Å². The quantitative estimate of drug-likeness (QED) is 0.195. The summed E-state index contributed by atoms with van der Waals surface area (Å²) in [6, 6.07) is 7.01. The molecule has 3 aliphatic rings. The van der Waals surface area contributed by atoms with Gasteiger partial charge in [-0.2, -0.15) is 0 Å². The minimum atomic E-state index is -0.187. The predicted octanol–water partition coefficient (Wildman–Crippen LogP) is 2.14. The van der Waals surface area contributed by atoms with E-state index >= 15 is 0 Å². The second-order valence-electron chi connectivity index (χ2n) is 7.90. The fourth-order valence-electron chi connectivity index (χ4n) is 4.36. The van der Waals surface area contributed by atoms with Gasteiger partial charge in [0.15, 0.2) is 5.96 Å². The molecule has 31 heavy (non-hydrogen) atoms. The molecule has 9 heteroatoms. The summed E-state index contributed by atoms with van der Waals surface area (Å²) in [4.78, 5) is 32.8. The Morgan fingerprint density at radius 2 is 1.81 bits per heavy atom. The molecular formula is C22H31IN4O4. The number of halogens is 1. The van der Waals surface area contributed by atoms with Crippen molar-refractivity contribution in [3.8, 4) is 0 Å². The van der Waals surface area contributed by atoms with E-state index in [1.807, 2.05) is 0 Å². The number of unbranched alkanes of at least 4 members (excludes halogenated alkanes) is 1. The first-order valence-corrected chi connectivity index (χ1v) is 10.8. The average Bonchev–Trinajstić information content (AvgIpc) is 3.40. The molecule has 0 aliphatic carbocycles. The molecule has 0 spiro atoms. The van der Waals surface area contributed by atoms with Crippen molar-refractivity contribution in [2.75, 3.05) is 46.4 Å². The Hall–Kier alpha value is -1.72. The van der Waals surface area contributed by atoms with Gasteiger partial charge in [0.2, 0.25) is 0 Å². The number of hydrogen-bond donors (Lipinski definition) is 1. The van der Waals surface area contributed by atoms with Crippen molar-refractivity contribution in [1.29, 1.82) is 0 Å². The second-order valence-corrected chi connectivity index (χ2v) is 7.90. The number of amides is 2. The van der Waals surface area contributed by atoms with E-state index in [2.05, 4.69) is 15.2 Å². The lowest BCUT2D eigenvalue weighted by Gasteiger charge is -2.37. The summed E-state index contributed by atoms with van der Waals surface area (Å²) >= 11 is 0. The molecule has 1 aromatic carbocycles. The highest BCUT2D eigenvalue weighted by Crippen LogP contribution is 2.23. The molecule has 1 N–H and O–H groups in total. The highest BCUT2D eigenvalue weighted by atomic mass is 127. The Morgan fingerprint density at radius 1 is 1.10 bits per heavy atom. The summed E-state index contributed by atoms with van der Waals surface area (Å²) in [6.07, 6.45) is 4.02. The molecule has 3 heterocycles. The number of nitrogens with one attached hydrogen (secondary N) is 1. The molecule has 8 nitrogen and oxygen atoms in total. The van der Waals surface area contributed by atoms with E-state index in [9.17, 15) is 9.59 Å². The number of fused-ring (bicyclic) bond motifs is 1. The summed E-state index contributed by atoms with van der Waals surface area (Å²) < 4.78 is 11.7. The minimum absolute atomic E-state index is 0. The SMILES string of the molecule is CN=C(NCCCCN1C(=O)c2ccccc2C1=O)N1CCOC(C2CCCO2)C1.I. The lowest BCUT2D eigenvalue weighted by molar-refractivity contribution is -0.0816. The number of morpholine rings is 1. The Labute approximate surface area is 200 Å². The van der Waals surface area contributed by atoms with Crippen LogP contribution in [0.5, 0.6) is 0 Å². The zero-order valence-electron chi connectivity index (χ0n) is 17.9. The van der Waals surface area contributed by atoms with Gasteiger partial charge in [-0.3, -0.25) is 19.5 Å². The summed E-state index contributed by atoms with van der Waals surface area (Å²) in [5.74, 6) is 0.489. The van der Waals surface area contributed by atoms with Crippen LogP contribution in [-0.4, -0.2) is 86.2 Å². The molecule has 4 rings (SSSR count). The van der Waals surface area contributed by atoms with E-state index in [1.165, 1.54) is 4.90 Å². The van der Waals surface area contributed by atoms with Gasteiger partial charge < -0.3 is 19.7 Å². The van der Waals surface area contributed by atoms with Gasteiger partial charge >= 0.3 is 0 Å². The molecule has 0 aromatic heterocycles. The minimum Gasteiger partial charge on any atom is -0.375 e. The Bertz CT molecular complexity index is 777. The van der Waals surface area contributed by atoms with Crippen LogP contribution in [0.4, 0.5) is 0 Å². The number of ether oxygens (including phenoxy) is 2. The summed E-state index contributed by atoms with van der Waals surface area (Å²) in [7, 11) is 1.79. The Morgan fingerprint density at radius 3 is 2.45 bits per heavy atom. The first-order chi connectivity index (χ1) is 14.7. The monoisotopic (exact) mass is 542 g/mol. The van der Waals surface area contributed by atoms with Gasteiger partial charge in [-0.05, 0) is 37.8 Å². The van der Waals surface area contributed by atoms with Crippen molar-refractivity contribution in [2.24, 2.45) is 4.99 Å². The van der Waals surface area contributed by atoms with E-state index < -0.39 is 0 Å². The fourth-order valence-corrected chi connectivity index (χ4v) is 4.36. The number of benzene rings is 1. The maximum atomic E-state index is 12.4. The van der Waals surface area contributed by atoms with Crippen LogP contribution in [0.15, 0.2) is 29.3 Å². The van der Waals surface area contributed by atoms with Gasteiger partial charge in [-0.25, -0.2) is 0 Å². The smallest absolute Gasteiger partial charge is 0.261 e. The van der Waals surface area contributed by atoms with Crippen LogP contribution in [-0.2, 0) is 9.47 Å². The topological polar surface area (TPSA) is 83.5 Å². The van der Waals surface area contributed by atoms with E-state index in [-0.39, 0.29) is 48.0 Å². The van der Waals surface area contributed by atoms with Crippen LogP contribution in [0.25, 0.3) is 0 Å². The largest absolute Gasteiger partial charge is 0.375 e. The first-order valence-electron chi connectivity index (χ1n) is 10.8. The number of nitrogens with zero attached hydrogens (tertiary/aromatic N) is 3. The molecule has 0 saturated carbocycles. The van der Waals surface area contributed by atoms with Gasteiger partial charge in [-0.1, -0.05) is 12.1 Å². The molecule has 0 bridgehead atoms. The zero-order chi connectivity index (χ0) is 20.9. The van der Waals surface area contributed by atoms with E-state index in [0.29, 0.717) is 24.3 Å². The van der Waals surface area contributed by atoms with Crippen LogP contribution in [0.3, 0.4) is 0 Å². The number of imide groups is 1. The van der Waals surface area contributed by atoms with Crippen molar-refractivity contribution < 1.29 is 19.1 Å². The maximum Gasteiger partial charge on any atom is 0.261 e. The second kappa shape index (κ2) is 11.2. The van der Waals surface area contributed by atoms with Crippen molar-refractivity contribution in [1.82, 2.24) is 15.1 Å². The zero-order valence-corrected chi connectivity index (χ0v) is 20.2. The molecular weight excluding hydrogens is 511 g/mol. The normalized spacial score (nSPS) is 23.7. The Balaban J connectivity index is 0.00000272. The van der Waals surface area contributed by atoms with Gasteiger partial charge in [0.1, 0.15) is 6.10 Å². The third-order valence-corrected chi connectivity index (χ3v) is 5.95. The highest BCUT2D eigenvalue weighted by molar-refractivity contribution is 14.0. The molecule has 1 aromatic rings. The van der Waals surface area contributed by atoms with Crippen LogP contribution in [0.1, 0.15) is 46.4 Å². The summed E-state index contributed by atoms with van der Waals surface area (Å²) in [5.41, 5.74) is 1.02. The molecule has 2 saturated heterocycles. The predicted molar refractivity (Wildman–Crippen MR) is 128 cm³/mol.